The zero-order valence-corrected chi connectivity index (χ0v) is 22.9. The molecular weight excluding hydrogens is 494 g/mol. The van der Waals surface area contributed by atoms with Crippen LogP contribution >= 0.6 is 11.6 Å². The molecule has 4 atom stereocenters. The first-order valence-electron chi connectivity index (χ1n) is 11.9. The highest BCUT2D eigenvalue weighted by Gasteiger charge is 2.50. The Kier molecular flexibility index (Phi) is 9.08. The van der Waals surface area contributed by atoms with E-state index in [1.165, 1.54) is 4.31 Å². The van der Waals surface area contributed by atoms with Gasteiger partial charge in [0.1, 0.15) is 11.8 Å². The number of carbonyl (C=O) groups is 1. The van der Waals surface area contributed by atoms with E-state index in [-0.39, 0.29) is 36.6 Å². The van der Waals surface area contributed by atoms with Crippen molar-refractivity contribution in [1.29, 1.82) is 0 Å². The quantitative estimate of drug-likeness (QED) is 0.373. The van der Waals surface area contributed by atoms with Gasteiger partial charge < -0.3 is 20.5 Å². The third kappa shape index (κ3) is 6.73. The third-order valence-electron chi connectivity index (χ3n) is 6.55. The highest BCUT2D eigenvalue weighted by atomic mass is 35.5. The molecule has 0 spiro atoms. The maximum Gasteiger partial charge on any atom is 0.241 e. The lowest BCUT2D eigenvalue weighted by molar-refractivity contribution is -0.148. The molecule has 192 valence electrons. The van der Waals surface area contributed by atoms with Gasteiger partial charge in [-0.05, 0) is 49.5 Å². The van der Waals surface area contributed by atoms with E-state index in [4.69, 9.17) is 22.1 Å². The molecule has 1 aromatic rings. The summed E-state index contributed by atoms with van der Waals surface area (Å²) in [5, 5.41) is 9.04. The maximum absolute atomic E-state index is 13.8. The summed E-state index contributed by atoms with van der Waals surface area (Å²) in [6.45, 7) is 7.56. The number of hydrogen-bond donors (Lipinski definition) is 2. The van der Waals surface area contributed by atoms with Gasteiger partial charge in [0, 0.05) is 14.6 Å². The predicted octanol–water partition coefficient (Wildman–Crippen LogP) is 2.23. The fourth-order valence-corrected chi connectivity index (χ4v) is 9.86. The van der Waals surface area contributed by atoms with E-state index >= 15 is 0 Å². The maximum atomic E-state index is 13.8. The molecule has 3 N–H and O–H groups in total. The first kappa shape index (κ1) is 27.4. The molecule has 2 aliphatic rings. The van der Waals surface area contributed by atoms with Crippen LogP contribution in [-0.2, 0) is 26.0 Å². The number of piperazine rings is 1. The fourth-order valence-electron chi connectivity index (χ4n) is 4.60. The molecule has 0 aromatic heterocycles. The van der Waals surface area contributed by atoms with E-state index < -0.39 is 35.6 Å². The molecule has 1 aromatic carbocycles. The summed E-state index contributed by atoms with van der Waals surface area (Å²) in [4.78, 5) is 15.5. The van der Waals surface area contributed by atoms with Gasteiger partial charge in [-0.2, -0.15) is 4.31 Å². The average Bonchev–Trinajstić information content (AvgIpc) is 2.76. The average molecular weight is 532 g/mol. The number of carbonyl (C=O) groups excluding carboxylic acids is 1. The second-order valence-electron chi connectivity index (χ2n) is 10.5. The first-order chi connectivity index (χ1) is 15.9. The monoisotopic (exact) mass is 531 g/mol. The van der Waals surface area contributed by atoms with Crippen LogP contribution in [0.25, 0.3) is 0 Å². The molecule has 0 radical (unpaired) electrons. The van der Waals surface area contributed by atoms with Crippen molar-refractivity contribution in [3.8, 4) is 5.75 Å². The number of rotatable bonds is 9. The van der Waals surface area contributed by atoms with Gasteiger partial charge in [-0.15, -0.1) is 11.6 Å². The normalized spacial score (nSPS) is 26.9. The van der Waals surface area contributed by atoms with Gasteiger partial charge in [0.15, 0.2) is 0 Å². The first-order valence-corrected chi connectivity index (χ1v) is 17.7. The van der Waals surface area contributed by atoms with Crippen LogP contribution in [0.3, 0.4) is 0 Å². The van der Waals surface area contributed by atoms with Crippen LogP contribution in [0.15, 0.2) is 24.3 Å². The number of amides is 1. The van der Waals surface area contributed by atoms with E-state index in [9.17, 15) is 18.3 Å². The lowest BCUT2D eigenvalue weighted by Gasteiger charge is -2.50. The summed E-state index contributed by atoms with van der Waals surface area (Å²) in [6, 6.07) is 5.87. The second kappa shape index (κ2) is 11.3. The second-order valence-corrected chi connectivity index (χ2v) is 18.7. The van der Waals surface area contributed by atoms with Gasteiger partial charge in [0.25, 0.3) is 0 Å². The Bertz CT molecular complexity index is 941. The van der Waals surface area contributed by atoms with Crippen molar-refractivity contribution >= 4 is 35.6 Å². The highest BCUT2D eigenvalue weighted by molar-refractivity contribution is 7.89. The van der Waals surface area contributed by atoms with Crippen molar-refractivity contribution in [1.82, 2.24) is 9.21 Å². The van der Waals surface area contributed by atoms with Gasteiger partial charge >= 0.3 is 0 Å². The van der Waals surface area contributed by atoms with Gasteiger partial charge in [0.2, 0.25) is 15.9 Å². The Balaban J connectivity index is 1.94. The Morgan fingerprint density at radius 3 is 2.50 bits per heavy atom. The largest absolute Gasteiger partial charge is 0.508 e. The molecule has 2 bridgehead atoms. The zero-order chi connectivity index (χ0) is 25.1. The van der Waals surface area contributed by atoms with Gasteiger partial charge in [-0.1, -0.05) is 31.8 Å². The molecule has 0 unspecified atom stereocenters. The number of nitrogens with two attached hydrogens (primary N) is 1. The highest BCUT2D eigenvalue weighted by Crippen LogP contribution is 2.32. The Morgan fingerprint density at radius 2 is 1.88 bits per heavy atom. The van der Waals surface area contributed by atoms with E-state index in [2.05, 4.69) is 19.6 Å². The van der Waals surface area contributed by atoms with E-state index in [0.29, 0.717) is 38.5 Å². The van der Waals surface area contributed by atoms with Crippen LogP contribution in [0.2, 0.25) is 25.7 Å². The molecule has 2 heterocycles. The summed E-state index contributed by atoms with van der Waals surface area (Å²) >= 11 is 6.71. The van der Waals surface area contributed by atoms with Crippen LogP contribution in [-0.4, -0.2) is 92.3 Å². The summed E-state index contributed by atoms with van der Waals surface area (Å²) in [5.41, 5.74) is 6.71. The molecule has 2 aliphatic heterocycles. The summed E-state index contributed by atoms with van der Waals surface area (Å²) < 4.78 is 34.5. The van der Waals surface area contributed by atoms with Crippen LogP contribution in [0, 0.1) is 0 Å². The number of hydrogen-bond acceptors (Lipinski definition) is 6. The minimum atomic E-state index is -3.71. The van der Waals surface area contributed by atoms with Crippen LogP contribution < -0.4 is 5.73 Å². The number of benzene rings is 1. The number of aromatic hydroxyl groups is 1. The summed E-state index contributed by atoms with van der Waals surface area (Å²) in [6.07, 6.45) is 1.45. The van der Waals surface area contributed by atoms with E-state index in [0.717, 1.165) is 5.56 Å². The van der Waals surface area contributed by atoms with E-state index in [1.54, 1.807) is 17.0 Å². The molecule has 1 amide bonds. The van der Waals surface area contributed by atoms with Gasteiger partial charge in [-0.3, -0.25) is 4.79 Å². The molecule has 0 saturated carbocycles. The number of alkyl halides is 1. The minimum absolute atomic E-state index is 0.0209. The molecule has 0 aliphatic carbocycles. The third-order valence-corrected chi connectivity index (χ3v) is 11.0. The van der Waals surface area contributed by atoms with Crippen molar-refractivity contribution in [3.63, 3.8) is 0 Å². The molecule has 2 fully saturated rings. The summed E-state index contributed by atoms with van der Waals surface area (Å²) in [5.74, 6) is -0.00951. The molecule has 2 saturated heterocycles. The molecule has 11 heteroatoms. The number of halogens is 1. The Morgan fingerprint density at radius 1 is 1.21 bits per heavy atom. The number of sulfonamides is 1. The van der Waals surface area contributed by atoms with Crippen molar-refractivity contribution in [2.45, 2.75) is 68.5 Å². The molecule has 3 rings (SSSR count). The lowest BCUT2D eigenvalue weighted by Crippen LogP contribution is -2.69. The number of ether oxygens (including phenoxy) is 1. The predicted molar refractivity (Wildman–Crippen MR) is 137 cm³/mol. The SMILES string of the molecule is C[Si](C)(C)CCS(=O)(=O)N1[C@H](CCCN)C(=O)N2C[C@H]1[C@@H](Cl)COC[C@@H]2Cc1ccc(O)cc1. The number of phenolic OH excluding ortho intramolecular Hbond substituents is 1. The smallest absolute Gasteiger partial charge is 0.241 e. The minimum Gasteiger partial charge on any atom is -0.508 e. The van der Waals surface area contributed by atoms with Crippen molar-refractivity contribution in [2.75, 3.05) is 32.1 Å². The molecule has 34 heavy (non-hydrogen) atoms. The lowest BCUT2D eigenvalue weighted by atomic mass is 9.96. The standard InChI is InChI=1S/C23H38ClN3O5SSi/c1-34(2,3)12-11-33(30,31)27-21(5-4-10-25)23(29)26-14-22(27)20(24)16-32-15-18(26)13-17-6-8-19(28)9-7-17/h6-9,18,20-22,28H,4-5,10-16,25H2,1-3H3/t18-,20-,21+,22-/m0/s1. The zero-order valence-electron chi connectivity index (χ0n) is 20.3. The number of phenols is 1. The molecule has 8 nitrogen and oxygen atoms in total. The Hall–Kier alpha value is -1.17. The van der Waals surface area contributed by atoms with Crippen LogP contribution in [0.4, 0.5) is 0 Å². The van der Waals surface area contributed by atoms with Crippen molar-refractivity contribution in [2.24, 2.45) is 5.73 Å². The Labute approximate surface area is 209 Å². The number of fused-ring (bicyclic) bond motifs is 2. The summed E-state index contributed by atoms with van der Waals surface area (Å²) in [7, 11) is -5.33. The number of nitrogens with zero attached hydrogens (tertiary/aromatic N) is 2. The van der Waals surface area contributed by atoms with Crippen LogP contribution in [0.5, 0.6) is 5.75 Å². The topological polar surface area (TPSA) is 113 Å². The van der Waals surface area contributed by atoms with Crippen molar-refractivity contribution < 1.29 is 23.1 Å². The fraction of sp³-hybridized carbons (Fsp3) is 0.696. The van der Waals surface area contributed by atoms with Crippen LogP contribution in [0.1, 0.15) is 18.4 Å². The van der Waals surface area contributed by atoms with Gasteiger partial charge in [0.05, 0.1) is 36.4 Å². The van der Waals surface area contributed by atoms with E-state index in [1.807, 2.05) is 12.1 Å². The molecular formula is C23H38ClN3O5SSi. The van der Waals surface area contributed by atoms with Gasteiger partial charge in [-0.25, -0.2) is 8.42 Å². The van der Waals surface area contributed by atoms with Crippen molar-refractivity contribution in [3.05, 3.63) is 29.8 Å².